The summed E-state index contributed by atoms with van der Waals surface area (Å²) in [6.45, 7) is 2.22. The topological polar surface area (TPSA) is 132 Å². The van der Waals surface area contributed by atoms with Crippen molar-refractivity contribution in [2.45, 2.75) is 36.3 Å². The number of anilines is 2. The van der Waals surface area contributed by atoms with Crippen molar-refractivity contribution in [3.05, 3.63) is 54.3 Å². The van der Waals surface area contributed by atoms with Gasteiger partial charge < -0.3 is 15.0 Å². The Bertz CT molecular complexity index is 1290. The van der Waals surface area contributed by atoms with E-state index in [2.05, 4.69) is 16.1 Å². The van der Waals surface area contributed by atoms with E-state index in [1.807, 2.05) is 0 Å². The second-order valence-electron chi connectivity index (χ2n) is 8.79. The lowest BCUT2D eigenvalue weighted by atomic mass is 9.90. The van der Waals surface area contributed by atoms with E-state index in [1.54, 1.807) is 35.2 Å². The summed E-state index contributed by atoms with van der Waals surface area (Å²) in [5.41, 5.74) is -0.687. The van der Waals surface area contributed by atoms with E-state index in [0.29, 0.717) is 11.4 Å². The van der Waals surface area contributed by atoms with Gasteiger partial charge in [-0.25, -0.2) is 17.6 Å². The van der Waals surface area contributed by atoms with Crippen molar-refractivity contribution >= 4 is 33.4 Å². The summed E-state index contributed by atoms with van der Waals surface area (Å²) in [7, 11) is -3.89. The van der Waals surface area contributed by atoms with Crippen LogP contribution in [0.3, 0.4) is 0 Å². The van der Waals surface area contributed by atoms with Crippen LogP contribution in [0.5, 0.6) is 0 Å². The van der Waals surface area contributed by atoms with Crippen LogP contribution < -0.4 is 19.8 Å². The predicted molar refractivity (Wildman–Crippen MR) is 129 cm³/mol. The Morgan fingerprint density at radius 2 is 1.92 bits per heavy atom. The normalized spacial score (nSPS) is 19.5. The molecule has 0 radical (unpaired) electrons. The van der Waals surface area contributed by atoms with E-state index < -0.39 is 33.6 Å². The van der Waals surface area contributed by atoms with Crippen molar-refractivity contribution in [1.82, 2.24) is 10.0 Å². The molecular formula is C24H26FN5O5S. The van der Waals surface area contributed by atoms with E-state index in [4.69, 9.17) is 4.74 Å². The SMILES string of the molecule is CC(=O)NCC1CN(c2ccc(N3CCC(C#N)(NS(=O)(=O)c4ccccc4)CC3)c(F)c2)C(=O)O1. The van der Waals surface area contributed by atoms with Gasteiger partial charge in [-0.3, -0.25) is 9.69 Å². The fraction of sp³-hybridized carbons (Fsp3) is 0.375. The number of ether oxygens (including phenoxy) is 1. The Morgan fingerprint density at radius 3 is 2.53 bits per heavy atom. The summed E-state index contributed by atoms with van der Waals surface area (Å²) in [5, 5.41) is 12.4. The Hall–Kier alpha value is -3.69. The zero-order valence-electron chi connectivity index (χ0n) is 19.6. The van der Waals surface area contributed by atoms with Crippen LogP contribution in [0, 0.1) is 17.1 Å². The lowest BCUT2D eigenvalue weighted by Crippen LogP contribution is -2.54. The Morgan fingerprint density at radius 1 is 1.22 bits per heavy atom. The van der Waals surface area contributed by atoms with Gasteiger partial charge in [-0.1, -0.05) is 18.2 Å². The van der Waals surface area contributed by atoms with Crippen LogP contribution in [0.4, 0.5) is 20.6 Å². The average Bonchev–Trinajstić information content (AvgIpc) is 3.24. The summed E-state index contributed by atoms with van der Waals surface area (Å²) >= 11 is 0. The number of nitrogens with one attached hydrogen (secondary N) is 2. The van der Waals surface area contributed by atoms with E-state index >= 15 is 4.39 Å². The van der Waals surface area contributed by atoms with Gasteiger partial charge in [0.15, 0.2) is 0 Å². The van der Waals surface area contributed by atoms with Crippen molar-refractivity contribution in [3.8, 4) is 6.07 Å². The van der Waals surface area contributed by atoms with Crippen molar-refractivity contribution in [1.29, 1.82) is 5.26 Å². The molecule has 2 saturated heterocycles. The molecule has 4 rings (SSSR count). The molecule has 0 spiro atoms. The number of piperidine rings is 1. The molecule has 0 bridgehead atoms. The number of nitrogens with zero attached hydrogens (tertiary/aromatic N) is 3. The Balaban J connectivity index is 1.42. The van der Waals surface area contributed by atoms with Gasteiger partial charge in [-0.05, 0) is 43.2 Å². The largest absolute Gasteiger partial charge is 0.442 e. The predicted octanol–water partition coefficient (Wildman–Crippen LogP) is 2.13. The fourth-order valence-corrected chi connectivity index (χ4v) is 5.70. The molecule has 0 saturated carbocycles. The van der Waals surface area contributed by atoms with E-state index in [9.17, 15) is 23.3 Å². The van der Waals surface area contributed by atoms with Crippen LogP contribution in [0.1, 0.15) is 19.8 Å². The first kappa shape index (κ1) is 25.4. The van der Waals surface area contributed by atoms with Crippen LogP contribution >= 0.6 is 0 Å². The minimum absolute atomic E-state index is 0.0726. The van der Waals surface area contributed by atoms with Gasteiger partial charge in [0.25, 0.3) is 0 Å². The van der Waals surface area contributed by atoms with Crippen molar-refractivity contribution in [3.63, 3.8) is 0 Å². The van der Waals surface area contributed by atoms with E-state index in [-0.39, 0.29) is 49.8 Å². The van der Waals surface area contributed by atoms with E-state index in [1.165, 1.54) is 30.0 Å². The highest BCUT2D eigenvalue weighted by atomic mass is 32.2. The highest BCUT2D eigenvalue weighted by Crippen LogP contribution is 2.32. The third kappa shape index (κ3) is 5.42. The third-order valence-electron chi connectivity index (χ3n) is 6.25. The zero-order valence-corrected chi connectivity index (χ0v) is 20.4. The second-order valence-corrected chi connectivity index (χ2v) is 10.5. The average molecular weight is 516 g/mol. The van der Waals surface area contributed by atoms with Crippen molar-refractivity contribution in [2.24, 2.45) is 0 Å². The van der Waals surface area contributed by atoms with Crippen LogP contribution in [0.2, 0.25) is 0 Å². The molecule has 2 aliphatic rings. The first-order chi connectivity index (χ1) is 17.1. The summed E-state index contributed by atoms with van der Waals surface area (Å²) < 4.78 is 48.4. The maximum absolute atomic E-state index is 15.1. The molecule has 190 valence electrons. The van der Waals surface area contributed by atoms with Gasteiger partial charge in [0.05, 0.1) is 35.4 Å². The standard InChI is InChI=1S/C24H26FN5O5S/c1-17(31)27-14-19-15-30(23(32)35-19)18-7-8-22(21(25)13-18)29-11-9-24(16-26,10-12-29)28-36(33,34)20-5-3-2-4-6-20/h2-8,13,19,28H,9-12,14-15H2,1H3,(H,27,31). The number of amides is 2. The Kier molecular flexibility index (Phi) is 7.14. The minimum atomic E-state index is -3.89. The Labute approximate surface area is 208 Å². The van der Waals surface area contributed by atoms with Crippen molar-refractivity contribution < 1.29 is 27.1 Å². The molecule has 0 aromatic heterocycles. The highest BCUT2D eigenvalue weighted by molar-refractivity contribution is 7.89. The van der Waals surface area contributed by atoms with Gasteiger partial charge in [0.1, 0.15) is 17.5 Å². The molecular weight excluding hydrogens is 489 g/mol. The summed E-state index contributed by atoms with van der Waals surface area (Å²) in [6.07, 6.45) is -0.829. The molecule has 1 atom stereocenters. The number of hydrogen-bond acceptors (Lipinski definition) is 7. The molecule has 0 aliphatic carbocycles. The van der Waals surface area contributed by atoms with Gasteiger partial charge in [0.2, 0.25) is 15.9 Å². The molecule has 10 nitrogen and oxygen atoms in total. The summed E-state index contributed by atoms with van der Waals surface area (Å²) in [6, 6.07) is 14.3. The van der Waals surface area contributed by atoms with Gasteiger partial charge in [0, 0.05) is 20.0 Å². The molecule has 1 unspecified atom stereocenters. The smallest absolute Gasteiger partial charge is 0.414 e. The number of carbonyl (C=O) groups excluding carboxylic acids is 2. The second kappa shape index (κ2) is 10.1. The number of carbonyl (C=O) groups is 2. The van der Waals surface area contributed by atoms with Crippen LogP contribution in [0.15, 0.2) is 53.4 Å². The number of nitriles is 1. The molecule has 36 heavy (non-hydrogen) atoms. The molecule has 2 aromatic rings. The molecule has 2 heterocycles. The van der Waals surface area contributed by atoms with Gasteiger partial charge in [-0.15, -0.1) is 0 Å². The van der Waals surface area contributed by atoms with Crippen molar-refractivity contribution in [2.75, 3.05) is 36.0 Å². The van der Waals surface area contributed by atoms with Gasteiger partial charge in [-0.2, -0.15) is 9.98 Å². The molecule has 2 fully saturated rings. The quantitative estimate of drug-likeness (QED) is 0.577. The molecule has 2 amide bonds. The lowest BCUT2D eigenvalue weighted by Gasteiger charge is -2.38. The maximum atomic E-state index is 15.1. The van der Waals surface area contributed by atoms with Crippen LogP contribution in [-0.2, 0) is 19.6 Å². The lowest BCUT2D eigenvalue weighted by molar-refractivity contribution is -0.119. The number of sulfonamides is 1. The third-order valence-corrected chi connectivity index (χ3v) is 7.80. The molecule has 2 aromatic carbocycles. The minimum Gasteiger partial charge on any atom is -0.442 e. The summed E-state index contributed by atoms with van der Waals surface area (Å²) in [4.78, 5) is 26.4. The number of benzene rings is 2. The molecule has 2 N–H and O–H groups in total. The fourth-order valence-electron chi connectivity index (χ4n) is 4.30. The van der Waals surface area contributed by atoms with Crippen LogP contribution in [0.25, 0.3) is 0 Å². The van der Waals surface area contributed by atoms with Gasteiger partial charge >= 0.3 is 6.09 Å². The first-order valence-corrected chi connectivity index (χ1v) is 12.9. The maximum Gasteiger partial charge on any atom is 0.414 e. The monoisotopic (exact) mass is 515 g/mol. The number of rotatable bonds is 7. The summed E-state index contributed by atoms with van der Waals surface area (Å²) in [5.74, 6) is -0.797. The number of hydrogen-bond donors (Lipinski definition) is 2. The highest BCUT2D eigenvalue weighted by Gasteiger charge is 2.39. The van der Waals surface area contributed by atoms with Crippen LogP contribution in [-0.4, -0.2) is 58.2 Å². The number of cyclic esters (lactones) is 1. The molecule has 12 heteroatoms. The number of halogens is 1. The first-order valence-electron chi connectivity index (χ1n) is 11.4. The van der Waals surface area contributed by atoms with E-state index in [0.717, 1.165) is 0 Å². The zero-order chi connectivity index (χ0) is 25.9. The molecule has 2 aliphatic heterocycles.